The monoisotopic (exact) mass is 304 g/mol. The number of hydrogen-bond acceptors (Lipinski definition) is 3. The number of nitrogens with zero attached hydrogens (tertiary/aromatic N) is 1. The average molecular weight is 305 g/mol. The van der Waals surface area contributed by atoms with Gasteiger partial charge in [-0.3, -0.25) is 4.98 Å². The highest BCUT2D eigenvalue weighted by Crippen LogP contribution is 2.32. The molecule has 2 N–H and O–H groups in total. The average Bonchev–Trinajstić information content (AvgIpc) is 2.50. The maximum atomic E-state index is 13.3. The highest BCUT2D eigenvalue weighted by molar-refractivity contribution is 6.32. The number of aliphatic hydroxyl groups is 1. The molecule has 3 nitrogen and oxygen atoms in total. The summed E-state index contributed by atoms with van der Waals surface area (Å²) in [4.78, 5) is 4.00. The van der Waals surface area contributed by atoms with E-state index in [0.29, 0.717) is 5.69 Å². The number of rotatable bonds is 3. The second kappa shape index (κ2) is 7.67. The standard InChI is InChI=1S/C12H13ClF2N2O.C2H6/c13-10-5-9(12(14,15)7-18)6-17-11(10)8-1-3-16-4-2-8;1-2/h1,5-6,16,18H,2-4,7H2;1-2H3. The molecule has 20 heavy (non-hydrogen) atoms. The first kappa shape index (κ1) is 17.0. The number of aromatic nitrogens is 1. The van der Waals surface area contributed by atoms with Gasteiger partial charge in [0.15, 0.2) is 0 Å². The maximum absolute atomic E-state index is 13.3. The first-order chi connectivity index (χ1) is 9.54. The summed E-state index contributed by atoms with van der Waals surface area (Å²) in [6.07, 6.45) is 3.78. The zero-order valence-corrected chi connectivity index (χ0v) is 12.3. The predicted molar refractivity (Wildman–Crippen MR) is 77.0 cm³/mol. The number of halogens is 3. The minimum Gasteiger partial charge on any atom is -0.390 e. The topological polar surface area (TPSA) is 45.2 Å². The van der Waals surface area contributed by atoms with Crippen molar-refractivity contribution in [3.8, 4) is 0 Å². The second-order valence-corrected chi connectivity index (χ2v) is 4.51. The quantitative estimate of drug-likeness (QED) is 0.901. The summed E-state index contributed by atoms with van der Waals surface area (Å²) in [5.74, 6) is -3.31. The molecule has 0 fully saturated rings. The van der Waals surface area contributed by atoms with E-state index < -0.39 is 12.5 Å². The molecule has 2 heterocycles. The second-order valence-electron chi connectivity index (χ2n) is 4.10. The molecule has 0 aliphatic carbocycles. The molecular weight excluding hydrogens is 286 g/mol. The molecule has 1 aliphatic heterocycles. The molecule has 1 aromatic rings. The van der Waals surface area contributed by atoms with Crippen LogP contribution in [0.4, 0.5) is 8.78 Å². The first-order valence-electron chi connectivity index (χ1n) is 6.59. The zero-order valence-electron chi connectivity index (χ0n) is 11.6. The van der Waals surface area contributed by atoms with Crippen LogP contribution in [0, 0.1) is 0 Å². The van der Waals surface area contributed by atoms with Gasteiger partial charge in [-0.1, -0.05) is 31.5 Å². The van der Waals surface area contributed by atoms with E-state index >= 15 is 0 Å². The van der Waals surface area contributed by atoms with Gasteiger partial charge in [0.05, 0.1) is 10.7 Å². The van der Waals surface area contributed by atoms with Crippen LogP contribution in [-0.2, 0) is 5.92 Å². The summed E-state index contributed by atoms with van der Waals surface area (Å²) in [6, 6.07) is 1.17. The van der Waals surface area contributed by atoms with Crippen molar-refractivity contribution in [2.24, 2.45) is 0 Å². The number of nitrogens with one attached hydrogen (secondary N) is 1. The van der Waals surface area contributed by atoms with Crippen molar-refractivity contribution in [2.45, 2.75) is 26.2 Å². The molecule has 0 amide bonds. The van der Waals surface area contributed by atoms with Crippen molar-refractivity contribution in [1.29, 1.82) is 0 Å². The Morgan fingerprint density at radius 3 is 2.65 bits per heavy atom. The Morgan fingerprint density at radius 1 is 1.45 bits per heavy atom. The molecule has 0 bridgehead atoms. The lowest BCUT2D eigenvalue weighted by atomic mass is 10.0. The van der Waals surface area contributed by atoms with Gasteiger partial charge in [0.25, 0.3) is 5.92 Å². The first-order valence-corrected chi connectivity index (χ1v) is 6.97. The van der Waals surface area contributed by atoms with Crippen LogP contribution in [-0.4, -0.2) is 29.8 Å². The Kier molecular flexibility index (Phi) is 6.52. The lowest BCUT2D eigenvalue weighted by Crippen LogP contribution is -2.21. The third-order valence-corrected chi connectivity index (χ3v) is 3.12. The van der Waals surface area contributed by atoms with Crippen molar-refractivity contribution in [3.63, 3.8) is 0 Å². The third kappa shape index (κ3) is 3.98. The van der Waals surface area contributed by atoms with Crippen LogP contribution in [0.25, 0.3) is 5.57 Å². The summed E-state index contributed by atoms with van der Waals surface area (Å²) in [5.41, 5.74) is 1.13. The number of pyridine rings is 1. The highest BCUT2D eigenvalue weighted by atomic mass is 35.5. The Hall–Kier alpha value is -1.04. The third-order valence-electron chi connectivity index (χ3n) is 2.83. The fourth-order valence-corrected chi connectivity index (χ4v) is 2.09. The van der Waals surface area contributed by atoms with Gasteiger partial charge in [0.1, 0.15) is 6.61 Å². The summed E-state index contributed by atoms with van der Waals surface area (Å²) in [7, 11) is 0. The van der Waals surface area contributed by atoms with E-state index in [4.69, 9.17) is 16.7 Å². The van der Waals surface area contributed by atoms with Crippen molar-refractivity contribution in [1.82, 2.24) is 10.3 Å². The van der Waals surface area contributed by atoms with Crippen LogP contribution in [0.15, 0.2) is 18.3 Å². The fraction of sp³-hybridized carbons (Fsp3) is 0.500. The molecular formula is C14H19ClF2N2O. The van der Waals surface area contributed by atoms with Crippen molar-refractivity contribution in [2.75, 3.05) is 19.7 Å². The number of hydrogen-bond donors (Lipinski definition) is 2. The van der Waals surface area contributed by atoms with E-state index in [1.165, 1.54) is 6.07 Å². The normalized spacial score (nSPS) is 15.2. The molecule has 0 unspecified atom stereocenters. The van der Waals surface area contributed by atoms with Gasteiger partial charge in [-0.05, 0) is 24.6 Å². The van der Waals surface area contributed by atoms with Gasteiger partial charge < -0.3 is 10.4 Å². The predicted octanol–water partition coefficient (Wildman–Crippen LogP) is 3.22. The molecule has 0 radical (unpaired) electrons. The number of alkyl halides is 2. The summed E-state index contributed by atoms with van der Waals surface area (Å²) in [6.45, 7) is 4.29. The van der Waals surface area contributed by atoms with E-state index in [-0.39, 0.29) is 10.6 Å². The molecule has 0 spiro atoms. The van der Waals surface area contributed by atoms with Gasteiger partial charge in [-0.25, -0.2) is 0 Å². The van der Waals surface area contributed by atoms with E-state index in [0.717, 1.165) is 31.3 Å². The van der Waals surface area contributed by atoms with Gasteiger partial charge in [-0.15, -0.1) is 0 Å². The molecule has 0 aromatic carbocycles. The van der Waals surface area contributed by atoms with E-state index in [1.54, 1.807) is 0 Å². The zero-order chi connectivity index (χ0) is 15.2. The molecule has 2 rings (SSSR count). The van der Waals surface area contributed by atoms with Gasteiger partial charge >= 0.3 is 0 Å². The van der Waals surface area contributed by atoms with Crippen LogP contribution in [0.5, 0.6) is 0 Å². The highest BCUT2D eigenvalue weighted by Gasteiger charge is 2.31. The van der Waals surface area contributed by atoms with Gasteiger partial charge in [-0.2, -0.15) is 8.78 Å². The molecule has 0 saturated carbocycles. The molecule has 1 aliphatic rings. The lowest BCUT2D eigenvalue weighted by Gasteiger charge is -2.17. The van der Waals surface area contributed by atoms with E-state index in [2.05, 4.69) is 10.3 Å². The Morgan fingerprint density at radius 2 is 2.15 bits per heavy atom. The molecule has 6 heteroatoms. The van der Waals surface area contributed by atoms with Crippen molar-refractivity contribution in [3.05, 3.63) is 34.6 Å². The van der Waals surface area contributed by atoms with Crippen LogP contribution >= 0.6 is 11.6 Å². The largest absolute Gasteiger partial charge is 0.390 e. The van der Waals surface area contributed by atoms with Crippen LogP contribution < -0.4 is 5.32 Å². The molecule has 1 aromatic heterocycles. The smallest absolute Gasteiger partial charge is 0.297 e. The van der Waals surface area contributed by atoms with Crippen LogP contribution in [0.2, 0.25) is 5.02 Å². The van der Waals surface area contributed by atoms with Crippen molar-refractivity contribution < 1.29 is 13.9 Å². The molecule has 0 atom stereocenters. The van der Waals surface area contributed by atoms with Crippen molar-refractivity contribution >= 4 is 17.2 Å². The van der Waals surface area contributed by atoms with Gasteiger partial charge in [0.2, 0.25) is 0 Å². The Balaban J connectivity index is 0.000000956. The maximum Gasteiger partial charge on any atom is 0.297 e. The number of aliphatic hydroxyl groups excluding tert-OH is 1. The van der Waals surface area contributed by atoms with Gasteiger partial charge in [0, 0.05) is 18.3 Å². The molecule has 0 saturated heterocycles. The van der Waals surface area contributed by atoms with Crippen LogP contribution in [0.1, 0.15) is 31.5 Å². The van der Waals surface area contributed by atoms with Crippen LogP contribution in [0.3, 0.4) is 0 Å². The Labute approximate surface area is 122 Å². The summed E-state index contributed by atoms with van der Waals surface area (Å²) >= 11 is 5.99. The lowest BCUT2D eigenvalue weighted by molar-refractivity contribution is -0.0558. The van der Waals surface area contributed by atoms with E-state index in [9.17, 15) is 8.78 Å². The SMILES string of the molecule is CC.OCC(F)(F)c1cnc(C2=CCNCC2)c(Cl)c1. The minimum absolute atomic E-state index is 0.189. The Bertz CT molecular complexity index is 478. The summed E-state index contributed by atoms with van der Waals surface area (Å²) in [5, 5.41) is 12.0. The molecule has 112 valence electrons. The minimum atomic E-state index is -3.31. The van der Waals surface area contributed by atoms with E-state index in [1.807, 2.05) is 19.9 Å². The summed E-state index contributed by atoms with van der Waals surface area (Å²) < 4.78 is 26.5. The fourth-order valence-electron chi connectivity index (χ4n) is 1.80.